The van der Waals surface area contributed by atoms with Crippen LogP contribution in [0.1, 0.15) is 27.1 Å². The minimum absolute atomic E-state index is 0.0211. The van der Waals surface area contributed by atoms with Gasteiger partial charge in [0.15, 0.2) is 0 Å². The second-order valence-electron chi connectivity index (χ2n) is 6.60. The number of hydrogen-bond donors (Lipinski definition) is 1. The van der Waals surface area contributed by atoms with E-state index < -0.39 is 12.1 Å². The van der Waals surface area contributed by atoms with E-state index in [9.17, 15) is 18.0 Å². The molecular weight excluding hydrogens is 435 g/mol. The number of rotatable bonds is 2. The molecule has 1 aliphatic rings. The van der Waals surface area contributed by atoms with Crippen molar-refractivity contribution in [3.8, 4) is 0 Å². The lowest BCUT2D eigenvalue weighted by Gasteiger charge is -2.34. The molecule has 11 heteroatoms. The Balaban J connectivity index is 0.000000339. The maximum atomic E-state index is 13.0. The smallest absolute Gasteiger partial charge is 0.475 e. The molecule has 1 amide bonds. The predicted octanol–water partition coefficient (Wildman–Crippen LogP) is 3.85. The Kier molecular flexibility index (Phi) is 6.86. The van der Waals surface area contributed by atoms with Crippen molar-refractivity contribution in [3.05, 3.63) is 58.2 Å². The fourth-order valence-corrected chi connectivity index (χ4v) is 3.64. The number of aryl methyl sites for hydroxylation is 1. The Morgan fingerprint density at radius 1 is 1.29 bits per heavy atom. The first-order valence-corrected chi connectivity index (χ1v) is 10.0. The second kappa shape index (κ2) is 9.40. The van der Waals surface area contributed by atoms with Gasteiger partial charge in [-0.3, -0.25) is 9.78 Å². The van der Waals surface area contributed by atoms with Gasteiger partial charge >= 0.3 is 12.1 Å². The zero-order valence-electron chi connectivity index (χ0n) is 16.3. The number of carboxylic acid groups (broad SMARTS) is 1. The quantitative estimate of drug-likeness (QED) is 0.634. The normalized spacial score (nSPS) is 16.5. The standard InChI is InChI=1S/C18H17N3O2S.C2HF3O2/c1-12-20-16(11-24-12)17-10-23-7-6-21(17)18(22)14-8-13-4-2-3-5-15(13)19-9-14;3-2(4,5)1(6)7/h2-5,8-9,11,17H,6-7,10H2,1H3;(H,6,7). The molecule has 0 aliphatic carbocycles. The van der Waals surface area contributed by atoms with Crippen LogP contribution in [0.5, 0.6) is 0 Å². The molecule has 164 valence electrons. The Labute approximate surface area is 179 Å². The number of aromatic nitrogens is 2. The number of amides is 1. The van der Waals surface area contributed by atoms with Gasteiger partial charge in [0.1, 0.15) is 0 Å². The number of pyridine rings is 1. The number of carboxylic acids is 1. The molecule has 0 bridgehead atoms. The third-order valence-corrected chi connectivity index (χ3v) is 5.24. The summed E-state index contributed by atoms with van der Waals surface area (Å²) in [5.74, 6) is -2.78. The largest absolute Gasteiger partial charge is 0.490 e. The van der Waals surface area contributed by atoms with E-state index >= 15 is 0 Å². The molecule has 0 radical (unpaired) electrons. The summed E-state index contributed by atoms with van der Waals surface area (Å²) in [6.07, 6.45) is -3.43. The number of thiazole rings is 1. The highest BCUT2D eigenvalue weighted by Crippen LogP contribution is 2.27. The average molecular weight is 453 g/mol. The van der Waals surface area contributed by atoms with Crippen LogP contribution in [0.4, 0.5) is 13.2 Å². The number of benzene rings is 1. The number of nitrogens with zero attached hydrogens (tertiary/aromatic N) is 3. The molecule has 1 fully saturated rings. The van der Waals surface area contributed by atoms with Gasteiger partial charge in [-0.15, -0.1) is 11.3 Å². The van der Waals surface area contributed by atoms with Gasteiger partial charge in [-0.25, -0.2) is 9.78 Å². The fourth-order valence-electron chi connectivity index (χ4n) is 2.98. The van der Waals surface area contributed by atoms with Crippen molar-refractivity contribution in [1.82, 2.24) is 14.9 Å². The molecule has 1 aliphatic heterocycles. The van der Waals surface area contributed by atoms with Crippen LogP contribution < -0.4 is 0 Å². The zero-order chi connectivity index (χ0) is 22.6. The van der Waals surface area contributed by atoms with E-state index in [1.54, 1.807) is 17.5 Å². The molecule has 1 unspecified atom stereocenters. The van der Waals surface area contributed by atoms with Crippen molar-refractivity contribution in [2.45, 2.75) is 19.1 Å². The van der Waals surface area contributed by atoms with Gasteiger partial charge in [0, 0.05) is 23.5 Å². The van der Waals surface area contributed by atoms with Crippen molar-refractivity contribution >= 4 is 34.1 Å². The first-order chi connectivity index (χ1) is 14.7. The fraction of sp³-hybridized carbons (Fsp3) is 0.300. The predicted molar refractivity (Wildman–Crippen MR) is 107 cm³/mol. The Bertz CT molecular complexity index is 1090. The van der Waals surface area contributed by atoms with Gasteiger partial charge in [0.2, 0.25) is 0 Å². The van der Waals surface area contributed by atoms with Gasteiger partial charge in [-0.05, 0) is 19.1 Å². The summed E-state index contributed by atoms with van der Waals surface area (Å²) in [7, 11) is 0. The molecule has 31 heavy (non-hydrogen) atoms. The van der Waals surface area contributed by atoms with Gasteiger partial charge in [-0.2, -0.15) is 13.2 Å². The topological polar surface area (TPSA) is 92.6 Å². The number of morpholine rings is 1. The Hall–Kier alpha value is -3.05. The van der Waals surface area contributed by atoms with E-state index in [-0.39, 0.29) is 11.9 Å². The van der Waals surface area contributed by atoms with E-state index in [0.717, 1.165) is 21.6 Å². The first-order valence-electron chi connectivity index (χ1n) is 9.12. The molecular formula is C20H18F3N3O4S. The highest BCUT2D eigenvalue weighted by molar-refractivity contribution is 7.09. The number of alkyl halides is 3. The lowest BCUT2D eigenvalue weighted by molar-refractivity contribution is -0.192. The highest BCUT2D eigenvalue weighted by atomic mass is 32.1. The van der Waals surface area contributed by atoms with Crippen LogP contribution in [0.15, 0.2) is 41.9 Å². The summed E-state index contributed by atoms with van der Waals surface area (Å²) >= 11 is 1.59. The first kappa shape index (κ1) is 22.6. The van der Waals surface area contributed by atoms with Crippen molar-refractivity contribution in [2.75, 3.05) is 19.8 Å². The molecule has 1 saturated heterocycles. The third kappa shape index (κ3) is 5.56. The summed E-state index contributed by atoms with van der Waals surface area (Å²) in [6, 6.07) is 9.58. The van der Waals surface area contributed by atoms with Crippen molar-refractivity contribution in [2.24, 2.45) is 0 Å². The van der Waals surface area contributed by atoms with Crippen LogP contribution in [0, 0.1) is 6.92 Å². The summed E-state index contributed by atoms with van der Waals surface area (Å²) in [5, 5.41) is 11.1. The number of para-hydroxylation sites is 1. The van der Waals surface area contributed by atoms with Crippen LogP contribution >= 0.6 is 11.3 Å². The Morgan fingerprint density at radius 3 is 2.65 bits per heavy atom. The summed E-state index contributed by atoms with van der Waals surface area (Å²) in [5.41, 5.74) is 2.40. The third-order valence-electron chi connectivity index (χ3n) is 4.45. The molecule has 4 rings (SSSR count). The molecule has 1 atom stereocenters. The number of ether oxygens (including phenoxy) is 1. The molecule has 0 saturated carbocycles. The lowest BCUT2D eigenvalue weighted by atomic mass is 10.1. The van der Waals surface area contributed by atoms with E-state index in [4.69, 9.17) is 14.6 Å². The maximum absolute atomic E-state index is 13.0. The van der Waals surface area contributed by atoms with Gasteiger partial charge in [0.05, 0.1) is 41.0 Å². The van der Waals surface area contributed by atoms with E-state index in [2.05, 4.69) is 9.97 Å². The number of carbonyl (C=O) groups excluding carboxylic acids is 1. The molecule has 1 N–H and O–H groups in total. The zero-order valence-corrected chi connectivity index (χ0v) is 17.1. The number of hydrogen-bond acceptors (Lipinski definition) is 6. The van der Waals surface area contributed by atoms with Crippen LogP contribution in [-0.2, 0) is 9.53 Å². The van der Waals surface area contributed by atoms with Gasteiger partial charge < -0.3 is 14.7 Å². The molecule has 1 aromatic carbocycles. The minimum atomic E-state index is -5.08. The average Bonchev–Trinajstić information content (AvgIpc) is 3.19. The SMILES string of the molecule is Cc1nc(C2COCCN2C(=O)c2cnc3ccccc3c2)cs1.O=C(O)C(F)(F)F. The summed E-state index contributed by atoms with van der Waals surface area (Å²) in [6.45, 7) is 3.56. The van der Waals surface area contributed by atoms with Crippen molar-refractivity contribution in [3.63, 3.8) is 0 Å². The summed E-state index contributed by atoms with van der Waals surface area (Å²) < 4.78 is 37.3. The monoisotopic (exact) mass is 453 g/mol. The minimum Gasteiger partial charge on any atom is -0.475 e. The van der Waals surface area contributed by atoms with E-state index in [0.29, 0.717) is 25.3 Å². The highest BCUT2D eigenvalue weighted by Gasteiger charge is 2.38. The molecule has 0 spiro atoms. The molecule has 2 aromatic heterocycles. The van der Waals surface area contributed by atoms with Crippen LogP contribution in [0.3, 0.4) is 0 Å². The Morgan fingerprint density at radius 2 is 2.00 bits per heavy atom. The van der Waals surface area contributed by atoms with Crippen LogP contribution in [-0.4, -0.2) is 57.8 Å². The van der Waals surface area contributed by atoms with Gasteiger partial charge in [0.25, 0.3) is 5.91 Å². The second-order valence-corrected chi connectivity index (χ2v) is 7.66. The van der Waals surface area contributed by atoms with E-state index in [1.807, 2.05) is 47.5 Å². The van der Waals surface area contributed by atoms with E-state index in [1.165, 1.54) is 0 Å². The number of carbonyl (C=O) groups is 2. The molecule has 3 heterocycles. The molecule has 3 aromatic rings. The number of aliphatic carboxylic acids is 1. The van der Waals surface area contributed by atoms with Crippen LogP contribution in [0.2, 0.25) is 0 Å². The summed E-state index contributed by atoms with van der Waals surface area (Å²) in [4.78, 5) is 32.7. The van der Waals surface area contributed by atoms with Crippen molar-refractivity contribution < 1.29 is 32.6 Å². The molecule has 7 nitrogen and oxygen atoms in total. The number of halogens is 3. The number of fused-ring (bicyclic) bond motifs is 1. The van der Waals surface area contributed by atoms with Crippen molar-refractivity contribution in [1.29, 1.82) is 0 Å². The van der Waals surface area contributed by atoms with Crippen LogP contribution in [0.25, 0.3) is 10.9 Å². The maximum Gasteiger partial charge on any atom is 0.490 e. The van der Waals surface area contributed by atoms with Gasteiger partial charge in [-0.1, -0.05) is 18.2 Å². The lowest BCUT2D eigenvalue weighted by Crippen LogP contribution is -2.43.